The van der Waals surface area contributed by atoms with Gasteiger partial charge >= 0.3 is 6.09 Å². The number of allylic oxidation sites excluding steroid dienone is 1. The van der Waals surface area contributed by atoms with Gasteiger partial charge in [-0.1, -0.05) is 58.4 Å². The third-order valence-electron chi connectivity index (χ3n) is 3.97. The molecular formula is C21H23BrN2O2. The highest BCUT2D eigenvalue weighted by Crippen LogP contribution is 2.17. The first-order valence-electron chi connectivity index (χ1n) is 8.37. The molecule has 0 heterocycles. The van der Waals surface area contributed by atoms with Crippen LogP contribution in [0.15, 0.2) is 70.3 Å². The van der Waals surface area contributed by atoms with Crippen LogP contribution in [0.2, 0.25) is 0 Å². The van der Waals surface area contributed by atoms with Gasteiger partial charge in [0.2, 0.25) is 0 Å². The van der Waals surface area contributed by atoms with Gasteiger partial charge in [0.05, 0.1) is 6.04 Å². The van der Waals surface area contributed by atoms with Gasteiger partial charge in [-0.05, 0) is 42.7 Å². The Morgan fingerprint density at radius 2 is 1.85 bits per heavy atom. The summed E-state index contributed by atoms with van der Waals surface area (Å²) in [5, 5.41) is 0. The predicted molar refractivity (Wildman–Crippen MR) is 110 cm³/mol. The second-order valence-electron chi connectivity index (χ2n) is 6.01. The largest absolute Gasteiger partial charge is 0.445 e. The van der Waals surface area contributed by atoms with Gasteiger partial charge in [-0.3, -0.25) is 4.99 Å². The smallest absolute Gasteiger partial charge is 0.410 e. The van der Waals surface area contributed by atoms with Gasteiger partial charge < -0.3 is 9.64 Å². The molecule has 0 spiro atoms. The average Bonchev–Trinajstić information content (AvgIpc) is 2.66. The molecule has 136 valence electrons. The third-order valence-corrected chi connectivity index (χ3v) is 4.50. The second kappa shape index (κ2) is 9.92. The number of benzene rings is 2. The Morgan fingerprint density at radius 1 is 1.19 bits per heavy atom. The molecule has 0 saturated carbocycles. The molecule has 0 aliphatic carbocycles. The summed E-state index contributed by atoms with van der Waals surface area (Å²) in [4.78, 5) is 18.0. The summed E-state index contributed by atoms with van der Waals surface area (Å²) in [5.41, 5.74) is 3.12. The van der Waals surface area contributed by atoms with Crippen molar-refractivity contribution in [1.29, 1.82) is 0 Å². The number of halogens is 1. The lowest BCUT2D eigenvalue weighted by Gasteiger charge is -2.21. The highest BCUT2D eigenvalue weighted by Gasteiger charge is 2.15. The van der Waals surface area contributed by atoms with Crippen molar-refractivity contribution < 1.29 is 9.53 Å². The van der Waals surface area contributed by atoms with E-state index < -0.39 is 0 Å². The van der Waals surface area contributed by atoms with Crippen LogP contribution in [0.1, 0.15) is 25.0 Å². The van der Waals surface area contributed by atoms with E-state index in [0.717, 1.165) is 21.2 Å². The summed E-state index contributed by atoms with van der Waals surface area (Å²) in [7, 11) is 1.70. The predicted octanol–water partition coefficient (Wildman–Crippen LogP) is 5.54. The van der Waals surface area contributed by atoms with Crippen LogP contribution in [0.4, 0.5) is 4.79 Å². The van der Waals surface area contributed by atoms with Crippen molar-refractivity contribution in [2.75, 3.05) is 7.05 Å². The Labute approximate surface area is 163 Å². The van der Waals surface area contributed by atoms with E-state index in [2.05, 4.69) is 20.9 Å². The normalized spacial score (nSPS) is 12.8. The van der Waals surface area contributed by atoms with Gasteiger partial charge in [-0.25, -0.2) is 4.79 Å². The maximum atomic E-state index is 12.1. The molecular weight excluding hydrogens is 392 g/mol. The lowest BCUT2D eigenvalue weighted by Crippen LogP contribution is -2.36. The van der Waals surface area contributed by atoms with E-state index >= 15 is 0 Å². The van der Waals surface area contributed by atoms with Crippen molar-refractivity contribution in [2.24, 2.45) is 4.99 Å². The van der Waals surface area contributed by atoms with Gasteiger partial charge in [0.15, 0.2) is 0 Å². The van der Waals surface area contributed by atoms with E-state index in [4.69, 9.17) is 4.74 Å². The molecule has 0 fully saturated rings. The number of aliphatic imine (C=N–C) groups is 1. The Morgan fingerprint density at radius 3 is 2.50 bits per heavy atom. The van der Waals surface area contributed by atoms with Crippen molar-refractivity contribution in [2.45, 2.75) is 26.5 Å². The minimum Gasteiger partial charge on any atom is -0.445 e. The number of rotatable bonds is 6. The van der Waals surface area contributed by atoms with Crippen LogP contribution in [0.25, 0.3) is 5.57 Å². The quantitative estimate of drug-likeness (QED) is 0.582. The Bertz CT molecular complexity index is 770. The first-order chi connectivity index (χ1) is 12.5. The number of hydrogen-bond donors (Lipinski definition) is 0. The van der Waals surface area contributed by atoms with Crippen LogP contribution in [0, 0.1) is 0 Å². The summed E-state index contributed by atoms with van der Waals surface area (Å²) in [6.45, 7) is 4.16. The van der Waals surface area contributed by atoms with Crippen molar-refractivity contribution in [3.05, 3.63) is 76.4 Å². The van der Waals surface area contributed by atoms with Gasteiger partial charge in [-0.15, -0.1) is 0 Å². The Hall–Kier alpha value is -2.40. The SMILES string of the molecule is C/C(=C\N=C[C@H](C)N(C)C(=O)OCc1ccccc1)c1ccc(Br)cc1. The molecule has 0 aromatic heterocycles. The third kappa shape index (κ3) is 6.15. The number of carbonyl (C=O) groups excluding carboxylic acids is 1. The molecule has 2 aromatic carbocycles. The van der Waals surface area contributed by atoms with Gasteiger partial charge in [-0.2, -0.15) is 0 Å². The molecule has 26 heavy (non-hydrogen) atoms. The van der Waals surface area contributed by atoms with Gasteiger partial charge in [0.25, 0.3) is 0 Å². The first-order valence-corrected chi connectivity index (χ1v) is 9.16. The van der Waals surface area contributed by atoms with E-state index in [1.807, 2.05) is 68.4 Å². The molecule has 4 nitrogen and oxygen atoms in total. The topological polar surface area (TPSA) is 41.9 Å². The van der Waals surface area contributed by atoms with Crippen molar-refractivity contribution in [1.82, 2.24) is 4.90 Å². The van der Waals surface area contributed by atoms with E-state index in [-0.39, 0.29) is 18.7 Å². The zero-order chi connectivity index (χ0) is 18.9. The molecule has 0 aliphatic heterocycles. The summed E-state index contributed by atoms with van der Waals surface area (Å²) < 4.78 is 6.37. The molecule has 0 bridgehead atoms. The summed E-state index contributed by atoms with van der Waals surface area (Å²) >= 11 is 3.42. The van der Waals surface area contributed by atoms with Crippen molar-refractivity contribution in [3.8, 4) is 0 Å². The lowest BCUT2D eigenvalue weighted by atomic mass is 10.1. The lowest BCUT2D eigenvalue weighted by molar-refractivity contribution is 0.102. The minimum absolute atomic E-state index is 0.174. The molecule has 0 saturated heterocycles. The zero-order valence-electron chi connectivity index (χ0n) is 15.2. The molecule has 1 amide bonds. The minimum atomic E-state index is -0.374. The monoisotopic (exact) mass is 414 g/mol. The molecule has 0 unspecified atom stereocenters. The fraction of sp³-hybridized carbons (Fsp3) is 0.238. The zero-order valence-corrected chi connectivity index (χ0v) is 16.8. The molecule has 5 heteroatoms. The first kappa shape index (κ1) is 19.9. The summed E-state index contributed by atoms with van der Waals surface area (Å²) in [6.07, 6.45) is 3.15. The summed E-state index contributed by atoms with van der Waals surface area (Å²) in [5.74, 6) is 0. The van der Waals surface area contributed by atoms with Crippen LogP contribution in [0.5, 0.6) is 0 Å². The number of amides is 1. The highest BCUT2D eigenvalue weighted by atomic mass is 79.9. The molecule has 2 rings (SSSR count). The standard InChI is InChI=1S/C21H23BrN2O2/c1-16(19-9-11-20(22)12-10-19)13-23-14-17(2)24(3)21(25)26-15-18-7-5-4-6-8-18/h4-14,17H,15H2,1-3H3/b16-13+,23-14?/t17-/m0/s1. The molecule has 0 N–H and O–H groups in total. The van der Waals surface area contributed by atoms with E-state index in [1.165, 1.54) is 4.90 Å². The maximum Gasteiger partial charge on any atom is 0.410 e. The molecule has 1 atom stereocenters. The highest BCUT2D eigenvalue weighted by molar-refractivity contribution is 9.10. The van der Waals surface area contributed by atoms with Crippen LogP contribution >= 0.6 is 15.9 Å². The maximum absolute atomic E-state index is 12.1. The number of hydrogen-bond acceptors (Lipinski definition) is 3. The fourth-order valence-corrected chi connectivity index (χ4v) is 2.42. The number of nitrogens with zero attached hydrogens (tertiary/aromatic N) is 2. The van der Waals surface area contributed by atoms with Crippen LogP contribution in [-0.2, 0) is 11.3 Å². The van der Waals surface area contributed by atoms with Crippen molar-refractivity contribution in [3.63, 3.8) is 0 Å². The number of carbonyl (C=O) groups is 1. The fourth-order valence-electron chi connectivity index (χ4n) is 2.15. The van der Waals surface area contributed by atoms with Gasteiger partial charge in [0, 0.05) is 23.9 Å². The van der Waals surface area contributed by atoms with Gasteiger partial charge in [0.1, 0.15) is 6.61 Å². The molecule has 0 radical (unpaired) electrons. The number of ether oxygens (including phenoxy) is 1. The van der Waals surface area contributed by atoms with Crippen LogP contribution in [-0.4, -0.2) is 30.3 Å². The molecule has 0 aliphatic rings. The van der Waals surface area contributed by atoms with E-state index in [0.29, 0.717) is 0 Å². The van der Waals surface area contributed by atoms with Crippen molar-refractivity contribution >= 4 is 33.8 Å². The second-order valence-corrected chi connectivity index (χ2v) is 6.92. The average molecular weight is 415 g/mol. The summed E-state index contributed by atoms with van der Waals surface area (Å²) in [6, 6.07) is 17.5. The van der Waals surface area contributed by atoms with Crippen LogP contribution < -0.4 is 0 Å². The van der Waals surface area contributed by atoms with Crippen LogP contribution in [0.3, 0.4) is 0 Å². The van der Waals surface area contributed by atoms with E-state index in [1.54, 1.807) is 19.5 Å². The molecule has 2 aromatic rings. The Kier molecular flexibility index (Phi) is 7.60. The Balaban J connectivity index is 1.87. The van der Waals surface area contributed by atoms with E-state index in [9.17, 15) is 4.79 Å².